The highest BCUT2D eigenvalue weighted by atomic mass is 16.5. The summed E-state index contributed by atoms with van der Waals surface area (Å²) in [5.41, 5.74) is -0.700. The van der Waals surface area contributed by atoms with E-state index in [0.717, 1.165) is 0 Å². The topological polar surface area (TPSA) is 63.6 Å². The van der Waals surface area contributed by atoms with Crippen LogP contribution in [0, 0.1) is 5.41 Å². The molecule has 1 N–H and O–H groups in total. The van der Waals surface area contributed by atoms with Crippen molar-refractivity contribution in [3.63, 3.8) is 0 Å². The fourth-order valence-corrected chi connectivity index (χ4v) is 0.848. The third kappa shape index (κ3) is 4.50. The Bertz CT molecular complexity index is 196. The van der Waals surface area contributed by atoms with Gasteiger partial charge in [0.1, 0.15) is 0 Å². The van der Waals surface area contributed by atoms with Crippen LogP contribution in [0.25, 0.3) is 0 Å². The summed E-state index contributed by atoms with van der Waals surface area (Å²) in [4.78, 5) is 21.5. The van der Waals surface area contributed by atoms with Crippen molar-refractivity contribution in [3.8, 4) is 0 Å². The molecule has 0 unspecified atom stereocenters. The van der Waals surface area contributed by atoms with Crippen LogP contribution in [0.3, 0.4) is 0 Å². The van der Waals surface area contributed by atoms with Crippen molar-refractivity contribution in [3.05, 3.63) is 0 Å². The molecule has 0 aliphatic carbocycles. The molecule has 0 fully saturated rings. The molecule has 0 atom stereocenters. The molecular formula is C9H16O4. The van der Waals surface area contributed by atoms with Crippen LogP contribution in [0.15, 0.2) is 0 Å². The molecular weight excluding hydrogens is 172 g/mol. The molecule has 0 aromatic heterocycles. The van der Waals surface area contributed by atoms with Gasteiger partial charge in [-0.25, -0.2) is 0 Å². The normalized spacial score (nSPS) is 11.0. The Morgan fingerprint density at radius 1 is 1.38 bits per heavy atom. The molecule has 0 bridgehead atoms. The quantitative estimate of drug-likeness (QED) is 0.663. The summed E-state index contributed by atoms with van der Waals surface area (Å²) < 4.78 is 4.81. The lowest BCUT2D eigenvalue weighted by molar-refractivity contribution is -0.154. The van der Waals surface area contributed by atoms with Crippen molar-refractivity contribution in [2.75, 3.05) is 6.61 Å². The molecule has 4 nitrogen and oxygen atoms in total. The van der Waals surface area contributed by atoms with Crippen LogP contribution in [0.5, 0.6) is 0 Å². The summed E-state index contributed by atoms with van der Waals surface area (Å²) in [7, 11) is 0. The first-order valence-corrected chi connectivity index (χ1v) is 4.29. The molecule has 0 aromatic rings. The average molecular weight is 188 g/mol. The lowest BCUT2D eigenvalue weighted by Crippen LogP contribution is -2.27. The molecule has 0 saturated heterocycles. The summed E-state index contributed by atoms with van der Waals surface area (Å²) in [5.74, 6) is -1.23. The van der Waals surface area contributed by atoms with Crippen molar-refractivity contribution < 1.29 is 19.4 Å². The summed E-state index contributed by atoms with van der Waals surface area (Å²) >= 11 is 0. The largest absolute Gasteiger partial charge is 0.481 e. The van der Waals surface area contributed by atoms with Crippen molar-refractivity contribution in [2.24, 2.45) is 5.41 Å². The van der Waals surface area contributed by atoms with Gasteiger partial charge in [0.05, 0.1) is 12.0 Å². The maximum absolute atomic E-state index is 11.3. The second-order valence-corrected chi connectivity index (χ2v) is 3.50. The van der Waals surface area contributed by atoms with E-state index in [1.165, 1.54) is 0 Å². The van der Waals surface area contributed by atoms with Crippen molar-refractivity contribution in [1.29, 1.82) is 0 Å². The number of carboxylic acid groups (broad SMARTS) is 1. The van der Waals surface area contributed by atoms with Gasteiger partial charge in [-0.05, 0) is 27.2 Å². The van der Waals surface area contributed by atoms with Crippen LogP contribution in [-0.2, 0) is 14.3 Å². The SMILES string of the molecule is CCOC(=O)C(C)(C)CCC(=O)O. The van der Waals surface area contributed by atoms with Crippen LogP contribution < -0.4 is 0 Å². The zero-order valence-electron chi connectivity index (χ0n) is 8.29. The number of esters is 1. The Morgan fingerprint density at radius 2 is 1.92 bits per heavy atom. The van der Waals surface area contributed by atoms with Crippen LogP contribution in [-0.4, -0.2) is 23.7 Å². The van der Waals surface area contributed by atoms with Crippen LogP contribution in [0.1, 0.15) is 33.6 Å². The molecule has 0 heterocycles. The molecule has 0 aliphatic heterocycles. The fourth-order valence-electron chi connectivity index (χ4n) is 0.848. The number of rotatable bonds is 5. The van der Waals surface area contributed by atoms with Crippen molar-refractivity contribution >= 4 is 11.9 Å². The Morgan fingerprint density at radius 3 is 2.31 bits per heavy atom. The number of hydrogen-bond donors (Lipinski definition) is 1. The minimum absolute atomic E-state index is 0.00812. The highest BCUT2D eigenvalue weighted by Gasteiger charge is 2.29. The minimum atomic E-state index is -0.891. The Hall–Kier alpha value is -1.06. The monoisotopic (exact) mass is 188 g/mol. The van der Waals surface area contributed by atoms with E-state index in [4.69, 9.17) is 9.84 Å². The van der Waals surface area contributed by atoms with E-state index >= 15 is 0 Å². The van der Waals surface area contributed by atoms with Gasteiger partial charge in [-0.3, -0.25) is 9.59 Å². The summed E-state index contributed by atoms with van der Waals surface area (Å²) in [6, 6.07) is 0. The molecule has 76 valence electrons. The second-order valence-electron chi connectivity index (χ2n) is 3.50. The Labute approximate surface area is 77.9 Å². The number of carbonyl (C=O) groups excluding carboxylic acids is 1. The zero-order chi connectivity index (χ0) is 10.5. The number of carboxylic acids is 1. The Kier molecular flexibility index (Phi) is 4.45. The lowest BCUT2D eigenvalue weighted by atomic mass is 9.88. The first kappa shape index (κ1) is 11.9. The van der Waals surface area contributed by atoms with Crippen LogP contribution >= 0.6 is 0 Å². The zero-order valence-corrected chi connectivity index (χ0v) is 8.29. The summed E-state index contributed by atoms with van der Waals surface area (Å²) in [5, 5.41) is 8.44. The predicted molar refractivity (Wildman–Crippen MR) is 47.3 cm³/mol. The molecule has 0 spiro atoms. The maximum atomic E-state index is 11.3. The van der Waals surface area contributed by atoms with Gasteiger partial charge >= 0.3 is 11.9 Å². The van der Waals surface area contributed by atoms with Crippen LogP contribution in [0.2, 0.25) is 0 Å². The minimum Gasteiger partial charge on any atom is -0.481 e. The molecule has 0 radical (unpaired) electrons. The second kappa shape index (κ2) is 4.84. The molecule has 13 heavy (non-hydrogen) atoms. The van der Waals surface area contributed by atoms with Gasteiger partial charge in [0.15, 0.2) is 0 Å². The predicted octanol–water partition coefficient (Wildman–Crippen LogP) is 1.44. The molecule has 0 aliphatic rings. The Balaban J connectivity index is 4.05. The highest BCUT2D eigenvalue weighted by Crippen LogP contribution is 2.23. The summed E-state index contributed by atoms with van der Waals surface area (Å²) in [6.45, 7) is 5.43. The molecule has 4 heteroatoms. The third-order valence-corrected chi connectivity index (χ3v) is 1.79. The van der Waals surface area contributed by atoms with Gasteiger partial charge in [0, 0.05) is 6.42 Å². The highest BCUT2D eigenvalue weighted by molar-refractivity contribution is 5.77. The van der Waals surface area contributed by atoms with Gasteiger partial charge in [-0.15, -0.1) is 0 Å². The maximum Gasteiger partial charge on any atom is 0.311 e. The van der Waals surface area contributed by atoms with Gasteiger partial charge in [0.25, 0.3) is 0 Å². The van der Waals surface area contributed by atoms with E-state index in [0.29, 0.717) is 13.0 Å². The molecule has 0 rings (SSSR count). The van der Waals surface area contributed by atoms with E-state index in [1.807, 2.05) is 0 Å². The lowest BCUT2D eigenvalue weighted by Gasteiger charge is -2.20. The summed E-state index contributed by atoms with van der Waals surface area (Å²) in [6.07, 6.45) is 0.299. The van der Waals surface area contributed by atoms with E-state index in [9.17, 15) is 9.59 Å². The van der Waals surface area contributed by atoms with Crippen molar-refractivity contribution in [2.45, 2.75) is 33.6 Å². The molecule has 0 aromatic carbocycles. The smallest absolute Gasteiger partial charge is 0.311 e. The number of ether oxygens (including phenoxy) is 1. The molecule has 0 saturated carbocycles. The van der Waals surface area contributed by atoms with Crippen molar-refractivity contribution in [1.82, 2.24) is 0 Å². The number of carbonyl (C=O) groups is 2. The van der Waals surface area contributed by atoms with Crippen LogP contribution in [0.4, 0.5) is 0 Å². The number of hydrogen-bond acceptors (Lipinski definition) is 3. The number of aliphatic carboxylic acids is 1. The van der Waals surface area contributed by atoms with E-state index in [-0.39, 0.29) is 12.4 Å². The van der Waals surface area contributed by atoms with Gasteiger partial charge in [-0.1, -0.05) is 0 Å². The van der Waals surface area contributed by atoms with Gasteiger partial charge < -0.3 is 9.84 Å². The third-order valence-electron chi connectivity index (χ3n) is 1.79. The average Bonchev–Trinajstić information content (AvgIpc) is 2.01. The van der Waals surface area contributed by atoms with Gasteiger partial charge in [-0.2, -0.15) is 0 Å². The van der Waals surface area contributed by atoms with Gasteiger partial charge in [0.2, 0.25) is 0 Å². The molecule has 0 amide bonds. The first-order chi connectivity index (χ1) is 5.90. The van der Waals surface area contributed by atoms with E-state index in [1.54, 1.807) is 20.8 Å². The standard InChI is InChI=1S/C9H16O4/c1-4-13-8(12)9(2,3)6-5-7(10)11/h4-6H2,1-3H3,(H,10,11). The first-order valence-electron chi connectivity index (χ1n) is 4.29. The van der Waals surface area contributed by atoms with E-state index in [2.05, 4.69) is 0 Å². The fraction of sp³-hybridized carbons (Fsp3) is 0.778. The van der Waals surface area contributed by atoms with E-state index < -0.39 is 11.4 Å².